The maximum Gasteiger partial charge on any atom is 0.241 e. The largest absolute Gasteiger partial charge is 0.314 e. The monoisotopic (exact) mass is 296 g/mol. The van der Waals surface area contributed by atoms with Crippen LogP contribution >= 0.6 is 0 Å². The van der Waals surface area contributed by atoms with E-state index in [9.17, 15) is 8.42 Å². The zero-order valence-corrected chi connectivity index (χ0v) is 13.3. The van der Waals surface area contributed by atoms with Gasteiger partial charge in [0.25, 0.3) is 0 Å². The first-order valence-electron chi connectivity index (χ1n) is 7.21. The predicted molar refractivity (Wildman–Crippen MR) is 81.5 cm³/mol. The Morgan fingerprint density at radius 3 is 2.25 bits per heavy atom. The van der Waals surface area contributed by atoms with E-state index in [4.69, 9.17) is 0 Å². The molecule has 2 rings (SSSR count). The van der Waals surface area contributed by atoms with Gasteiger partial charge in [0.1, 0.15) is 0 Å². The van der Waals surface area contributed by atoms with E-state index < -0.39 is 10.0 Å². The maximum absolute atomic E-state index is 12.4. The minimum atomic E-state index is -3.40. The van der Waals surface area contributed by atoms with E-state index in [0.29, 0.717) is 17.5 Å². The minimum absolute atomic E-state index is 0.429. The number of hydrogen-bond donors (Lipinski definition) is 2. The fourth-order valence-corrected chi connectivity index (χ4v) is 4.07. The van der Waals surface area contributed by atoms with Crippen LogP contribution in [-0.2, 0) is 10.0 Å². The molecule has 0 unspecified atom stereocenters. The molecule has 112 valence electrons. The molecule has 1 fully saturated rings. The highest BCUT2D eigenvalue weighted by atomic mass is 32.2. The lowest BCUT2D eigenvalue weighted by Gasteiger charge is -2.13. The van der Waals surface area contributed by atoms with Crippen molar-refractivity contribution in [2.24, 2.45) is 0 Å². The molecule has 5 heteroatoms. The molecule has 0 atom stereocenters. The van der Waals surface area contributed by atoms with Gasteiger partial charge in [-0.2, -0.15) is 0 Å². The highest BCUT2D eigenvalue weighted by molar-refractivity contribution is 7.89. The molecule has 1 aromatic carbocycles. The summed E-state index contributed by atoms with van der Waals surface area (Å²) in [5.41, 5.74) is 2.71. The number of hydrogen-bond acceptors (Lipinski definition) is 3. The zero-order valence-electron chi connectivity index (χ0n) is 12.5. The maximum atomic E-state index is 12.4. The number of sulfonamides is 1. The number of nitrogens with one attached hydrogen (secondary N) is 2. The SMILES string of the molecule is Cc1cc(C)c(S(=O)(=O)NCCCNC2CC2)c(C)c1. The molecule has 0 radical (unpaired) electrons. The number of benzene rings is 1. The van der Waals surface area contributed by atoms with Gasteiger partial charge in [-0.05, 0) is 57.7 Å². The standard InChI is InChI=1S/C15H24N2O2S/c1-11-9-12(2)15(13(3)10-11)20(18,19)17-8-4-7-16-14-5-6-14/h9-10,14,16-17H,4-8H2,1-3H3. The fraction of sp³-hybridized carbons (Fsp3) is 0.600. The topological polar surface area (TPSA) is 58.2 Å². The summed E-state index contributed by atoms with van der Waals surface area (Å²) in [6.45, 7) is 7.04. The smallest absolute Gasteiger partial charge is 0.241 e. The van der Waals surface area contributed by atoms with E-state index in [1.165, 1.54) is 12.8 Å². The average molecular weight is 296 g/mol. The van der Waals surface area contributed by atoms with E-state index in [0.717, 1.165) is 29.7 Å². The Labute approximate surface area is 122 Å². The molecule has 0 amide bonds. The summed E-state index contributed by atoms with van der Waals surface area (Å²) in [5, 5.41) is 3.38. The summed E-state index contributed by atoms with van der Waals surface area (Å²) in [4.78, 5) is 0.429. The van der Waals surface area contributed by atoms with Crippen molar-refractivity contribution < 1.29 is 8.42 Å². The highest BCUT2D eigenvalue weighted by Gasteiger charge is 2.21. The Balaban J connectivity index is 1.95. The van der Waals surface area contributed by atoms with Crippen LogP contribution in [0.25, 0.3) is 0 Å². The minimum Gasteiger partial charge on any atom is -0.314 e. The molecule has 2 N–H and O–H groups in total. The molecule has 1 aromatic rings. The van der Waals surface area contributed by atoms with Gasteiger partial charge in [0, 0.05) is 12.6 Å². The molecule has 1 aliphatic carbocycles. The molecule has 0 spiro atoms. The van der Waals surface area contributed by atoms with Crippen LogP contribution < -0.4 is 10.0 Å². The van der Waals surface area contributed by atoms with Crippen molar-refractivity contribution in [2.75, 3.05) is 13.1 Å². The quantitative estimate of drug-likeness (QED) is 0.757. The first-order chi connectivity index (χ1) is 9.40. The molecule has 4 nitrogen and oxygen atoms in total. The summed E-state index contributed by atoms with van der Waals surface area (Å²) < 4.78 is 27.4. The average Bonchev–Trinajstić information content (AvgIpc) is 3.10. The third kappa shape index (κ3) is 4.04. The summed E-state index contributed by atoms with van der Waals surface area (Å²) in [7, 11) is -3.40. The van der Waals surface area contributed by atoms with E-state index >= 15 is 0 Å². The van der Waals surface area contributed by atoms with Crippen LogP contribution in [0.15, 0.2) is 17.0 Å². The van der Waals surface area contributed by atoms with Crippen LogP contribution in [0.3, 0.4) is 0 Å². The molecule has 1 aliphatic rings. The summed E-state index contributed by atoms with van der Waals surface area (Å²) >= 11 is 0. The normalized spacial score (nSPS) is 15.6. The lowest BCUT2D eigenvalue weighted by molar-refractivity contribution is 0.572. The zero-order chi connectivity index (χ0) is 14.8. The lowest BCUT2D eigenvalue weighted by atomic mass is 10.1. The van der Waals surface area contributed by atoms with Gasteiger partial charge < -0.3 is 5.32 Å². The summed E-state index contributed by atoms with van der Waals surface area (Å²) in [6, 6.07) is 4.50. The Hall–Kier alpha value is -0.910. The molecular weight excluding hydrogens is 272 g/mol. The van der Waals surface area contributed by atoms with E-state index in [1.807, 2.05) is 32.9 Å². The number of aryl methyl sites for hydroxylation is 3. The summed E-state index contributed by atoms with van der Waals surface area (Å²) in [5.74, 6) is 0. The highest BCUT2D eigenvalue weighted by Crippen LogP contribution is 2.21. The van der Waals surface area contributed by atoms with Gasteiger partial charge in [-0.15, -0.1) is 0 Å². The van der Waals surface area contributed by atoms with Gasteiger partial charge in [0.05, 0.1) is 4.90 Å². The van der Waals surface area contributed by atoms with Crippen LogP contribution in [0.2, 0.25) is 0 Å². The third-order valence-electron chi connectivity index (χ3n) is 3.53. The van der Waals surface area contributed by atoms with Gasteiger partial charge in [-0.25, -0.2) is 13.1 Å². The molecule has 0 heterocycles. The van der Waals surface area contributed by atoms with Crippen molar-refractivity contribution in [1.29, 1.82) is 0 Å². The summed E-state index contributed by atoms with van der Waals surface area (Å²) in [6.07, 6.45) is 3.33. The van der Waals surface area contributed by atoms with Gasteiger partial charge in [-0.3, -0.25) is 0 Å². The van der Waals surface area contributed by atoms with Gasteiger partial charge in [0.2, 0.25) is 10.0 Å². The van der Waals surface area contributed by atoms with Gasteiger partial charge in [0.15, 0.2) is 0 Å². The van der Waals surface area contributed by atoms with Crippen molar-refractivity contribution >= 4 is 10.0 Å². The molecule has 1 saturated carbocycles. The Kier molecular flexibility index (Phi) is 4.83. The van der Waals surface area contributed by atoms with Gasteiger partial charge in [-0.1, -0.05) is 17.7 Å². The van der Waals surface area contributed by atoms with Crippen LogP contribution in [0.5, 0.6) is 0 Å². The van der Waals surface area contributed by atoms with Crippen LogP contribution in [-0.4, -0.2) is 27.5 Å². The molecule has 0 bridgehead atoms. The second-order valence-corrected chi connectivity index (χ2v) is 7.41. The van der Waals surface area contributed by atoms with Crippen LogP contribution in [0, 0.1) is 20.8 Å². The molecular formula is C15H24N2O2S. The first-order valence-corrected chi connectivity index (χ1v) is 8.69. The molecule has 0 aromatic heterocycles. The van der Waals surface area contributed by atoms with Gasteiger partial charge >= 0.3 is 0 Å². The van der Waals surface area contributed by atoms with Crippen molar-refractivity contribution in [1.82, 2.24) is 10.0 Å². The fourth-order valence-electron chi connectivity index (χ4n) is 2.55. The predicted octanol–water partition coefficient (Wildman–Crippen LogP) is 2.03. The van der Waals surface area contributed by atoms with E-state index in [-0.39, 0.29) is 0 Å². The number of rotatable bonds is 7. The second-order valence-electron chi connectivity index (χ2n) is 5.71. The van der Waals surface area contributed by atoms with Crippen LogP contribution in [0.1, 0.15) is 36.0 Å². The third-order valence-corrected chi connectivity index (χ3v) is 5.29. The van der Waals surface area contributed by atoms with E-state index in [2.05, 4.69) is 10.0 Å². The Morgan fingerprint density at radius 2 is 1.70 bits per heavy atom. The lowest BCUT2D eigenvalue weighted by Crippen LogP contribution is -2.29. The Bertz CT molecular complexity index is 555. The first kappa shape index (κ1) is 15.5. The van der Waals surface area contributed by atoms with Crippen molar-refractivity contribution in [3.8, 4) is 0 Å². The Morgan fingerprint density at radius 1 is 1.10 bits per heavy atom. The second kappa shape index (κ2) is 6.24. The van der Waals surface area contributed by atoms with E-state index in [1.54, 1.807) is 0 Å². The van der Waals surface area contributed by atoms with Crippen LogP contribution in [0.4, 0.5) is 0 Å². The molecule has 0 saturated heterocycles. The van der Waals surface area contributed by atoms with Crippen molar-refractivity contribution in [3.63, 3.8) is 0 Å². The molecule has 20 heavy (non-hydrogen) atoms. The van der Waals surface area contributed by atoms with Crippen molar-refractivity contribution in [3.05, 3.63) is 28.8 Å². The van der Waals surface area contributed by atoms with Crippen molar-refractivity contribution in [2.45, 2.75) is 51.0 Å². The molecule has 0 aliphatic heterocycles.